The number of benzene rings is 10. The van der Waals surface area contributed by atoms with Crippen molar-refractivity contribution in [3.05, 3.63) is 230 Å². The summed E-state index contributed by atoms with van der Waals surface area (Å²) in [5, 5.41) is 7.70. The molecule has 0 radical (unpaired) electrons. The first kappa shape index (κ1) is 35.3. The number of rotatable bonds is 6. The molecule has 12 rings (SSSR count). The Bertz CT molecular complexity index is 3370. The lowest BCUT2D eigenvalue weighted by Crippen LogP contribution is -2.16. The number of fused-ring (bicyclic) bond motifs is 10. The van der Waals surface area contributed by atoms with Gasteiger partial charge < -0.3 is 9.47 Å². The molecule has 0 saturated heterocycles. The Labute approximate surface area is 356 Å². The smallest absolute Gasteiger partial charge is 0.0547 e. The second kappa shape index (κ2) is 13.7. The minimum absolute atomic E-state index is 0.0956. The van der Waals surface area contributed by atoms with Crippen molar-refractivity contribution in [2.45, 2.75) is 19.3 Å². The monoisotopic (exact) mass is 778 g/mol. The van der Waals surface area contributed by atoms with Crippen molar-refractivity contribution >= 4 is 60.4 Å². The molecule has 0 spiro atoms. The van der Waals surface area contributed by atoms with Crippen LogP contribution in [0.25, 0.3) is 82.4 Å². The Morgan fingerprint density at radius 1 is 0.361 bits per heavy atom. The molecular formula is C59H42N2. The predicted octanol–water partition coefficient (Wildman–Crippen LogP) is 16.2. The summed E-state index contributed by atoms with van der Waals surface area (Å²) < 4.78 is 2.44. The minimum Gasteiger partial charge on any atom is -0.310 e. The van der Waals surface area contributed by atoms with Crippen LogP contribution < -0.4 is 4.90 Å². The molecule has 0 bridgehead atoms. The molecule has 1 aliphatic carbocycles. The van der Waals surface area contributed by atoms with E-state index in [2.05, 4.69) is 242 Å². The van der Waals surface area contributed by atoms with Crippen LogP contribution in [-0.2, 0) is 5.41 Å². The summed E-state index contributed by atoms with van der Waals surface area (Å²) in [5.41, 5.74) is 17.1. The van der Waals surface area contributed by atoms with Crippen molar-refractivity contribution in [2.24, 2.45) is 0 Å². The van der Waals surface area contributed by atoms with Crippen LogP contribution in [0.3, 0.4) is 0 Å². The van der Waals surface area contributed by atoms with Crippen LogP contribution in [0.5, 0.6) is 0 Å². The Hall–Kier alpha value is -7.68. The van der Waals surface area contributed by atoms with Gasteiger partial charge in [0.1, 0.15) is 0 Å². The van der Waals surface area contributed by atoms with Gasteiger partial charge in [0.05, 0.1) is 11.0 Å². The summed E-state index contributed by atoms with van der Waals surface area (Å²) in [4.78, 5) is 2.40. The quantitative estimate of drug-likeness (QED) is 0.163. The molecule has 0 unspecified atom stereocenters. The number of hydrogen-bond acceptors (Lipinski definition) is 1. The van der Waals surface area contributed by atoms with Gasteiger partial charge in [0.15, 0.2) is 0 Å². The first-order valence-corrected chi connectivity index (χ1v) is 21.3. The maximum absolute atomic E-state index is 2.44. The largest absolute Gasteiger partial charge is 0.310 e. The minimum atomic E-state index is -0.0956. The molecule has 1 heterocycles. The standard InChI is InChI=1S/C59H42N2/c1-59(2)53-19-11-10-18-51(53)52-35-34-48(38-54(52)59)60(45-28-20-40(21-29-45)39-12-4-3-5-13-39)46-30-22-41(23-31-46)42-24-32-47(33-25-42)61-55-36-26-43-14-6-8-16-49(43)57(55)58-50-17-9-7-15-44(50)27-37-56(58)61/h3-38H,1-2H3. The van der Waals surface area contributed by atoms with E-state index < -0.39 is 0 Å². The summed E-state index contributed by atoms with van der Waals surface area (Å²) in [7, 11) is 0. The summed E-state index contributed by atoms with van der Waals surface area (Å²) >= 11 is 0. The lowest BCUT2D eigenvalue weighted by Gasteiger charge is -2.28. The first-order valence-electron chi connectivity index (χ1n) is 21.3. The molecule has 0 fully saturated rings. The van der Waals surface area contributed by atoms with Crippen LogP contribution >= 0.6 is 0 Å². The molecule has 288 valence electrons. The van der Waals surface area contributed by atoms with Crippen LogP contribution in [0.2, 0.25) is 0 Å². The van der Waals surface area contributed by atoms with Crippen molar-refractivity contribution in [1.29, 1.82) is 0 Å². The lowest BCUT2D eigenvalue weighted by molar-refractivity contribution is 0.660. The summed E-state index contributed by atoms with van der Waals surface area (Å²) in [6.07, 6.45) is 0. The molecule has 0 saturated carbocycles. The van der Waals surface area contributed by atoms with E-state index in [1.54, 1.807) is 0 Å². The maximum atomic E-state index is 2.44. The molecule has 0 N–H and O–H groups in total. The van der Waals surface area contributed by atoms with Gasteiger partial charge in [-0.05, 0) is 127 Å². The maximum Gasteiger partial charge on any atom is 0.0547 e. The fraction of sp³-hybridized carbons (Fsp3) is 0.0508. The molecule has 0 atom stereocenters. The molecule has 2 heteroatoms. The Morgan fingerprint density at radius 3 is 1.41 bits per heavy atom. The Morgan fingerprint density at radius 2 is 0.820 bits per heavy atom. The highest BCUT2D eigenvalue weighted by Gasteiger charge is 2.35. The SMILES string of the molecule is CC1(C)c2ccccc2-c2ccc(N(c3ccc(-c4ccccc4)cc3)c3ccc(-c4ccc(-n5c6ccc7ccccc7c6c6c7ccccc7ccc65)cc4)cc3)cc21. The predicted molar refractivity (Wildman–Crippen MR) is 259 cm³/mol. The zero-order chi connectivity index (χ0) is 40.7. The molecule has 11 aromatic rings. The second-order valence-corrected chi connectivity index (χ2v) is 16.9. The number of hydrogen-bond donors (Lipinski definition) is 0. The average molecular weight is 779 g/mol. The van der Waals surface area contributed by atoms with E-state index in [-0.39, 0.29) is 5.41 Å². The third-order valence-electron chi connectivity index (χ3n) is 13.2. The molecule has 10 aromatic carbocycles. The van der Waals surface area contributed by atoms with Crippen molar-refractivity contribution in [1.82, 2.24) is 4.57 Å². The molecule has 61 heavy (non-hydrogen) atoms. The van der Waals surface area contributed by atoms with Crippen molar-refractivity contribution in [3.63, 3.8) is 0 Å². The highest BCUT2D eigenvalue weighted by atomic mass is 15.1. The van der Waals surface area contributed by atoms with Gasteiger partial charge in [0.25, 0.3) is 0 Å². The number of aromatic nitrogens is 1. The topological polar surface area (TPSA) is 8.17 Å². The highest BCUT2D eigenvalue weighted by molar-refractivity contribution is 6.28. The van der Waals surface area contributed by atoms with Crippen LogP contribution in [0.1, 0.15) is 25.0 Å². The van der Waals surface area contributed by atoms with Gasteiger partial charge in [-0.15, -0.1) is 0 Å². The summed E-state index contributed by atoms with van der Waals surface area (Å²) in [5.74, 6) is 0. The zero-order valence-corrected chi connectivity index (χ0v) is 34.2. The molecular weight excluding hydrogens is 737 g/mol. The van der Waals surface area contributed by atoms with Crippen LogP contribution in [0.15, 0.2) is 218 Å². The fourth-order valence-corrected chi connectivity index (χ4v) is 10.1. The van der Waals surface area contributed by atoms with Gasteiger partial charge in [-0.1, -0.05) is 172 Å². The van der Waals surface area contributed by atoms with Crippen molar-refractivity contribution in [3.8, 4) is 39.1 Å². The fourth-order valence-electron chi connectivity index (χ4n) is 10.1. The molecule has 0 amide bonds. The third kappa shape index (κ3) is 5.56. The van der Waals surface area contributed by atoms with E-state index >= 15 is 0 Å². The van der Waals surface area contributed by atoms with Gasteiger partial charge in [-0.3, -0.25) is 0 Å². The summed E-state index contributed by atoms with van der Waals surface area (Å²) in [6, 6.07) is 80.3. The van der Waals surface area contributed by atoms with Gasteiger partial charge in [0.2, 0.25) is 0 Å². The lowest BCUT2D eigenvalue weighted by atomic mass is 9.82. The van der Waals surface area contributed by atoms with E-state index in [1.165, 1.54) is 87.9 Å². The van der Waals surface area contributed by atoms with Crippen molar-refractivity contribution in [2.75, 3.05) is 4.90 Å². The number of anilines is 3. The van der Waals surface area contributed by atoms with E-state index in [0.717, 1.165) is 22.7 Å². The molecule has 0 aliphatic heterocycles. The van der Waals surface area contributed by atoms with E-state index in [0.29, 0.717) is 0 Å². The van der Waals surface area contributed by atoms with Crippen LogP contribution in [0.4, 0.5) is 17.1 Å². The molecule has 2 nitrogen and oxygen atoms in total. The van der Waals surface area contributed by atoms with Gasteiger partial charge in [-0.25, -0.2) is 0 Å². The molecule has 1 aromatic heterocycles. The normalized spacial score (nSPS) is 12.9. The summed E-state index contributed by atoms with van der Waals surface area (Å²) in [6.45, 7) is 4.71. The van der Waals surface area contributed by atoms with E-state index in [4.69, 9.17) is 0 Å². The highest BCUT2D eigenvalue weighted by Crippen LogP contribution is 2.51. The van der Waals surface area contributed by atoms with Gasteiger partial charge in [-0.2, -0.15) is 0 Å². The third-order valence-corrected chi connectivity index (χ3v) is 13.2. The Kier molecular flexibility index (Phi) is 7.92. The van der Waals surface area contributed by atoms with Crippen molar-refractivity contribution < 1.29 is 0 Å². The first-order chi connectivity index (χ1) is 30.0. The van der Waals surface area contributed by atoms with Gasteiger partial charge in [0, 0.05) is 38.9 Å². The average Bonchev–Trinajstić information content (AvgIpc) is 3.79. The second-order valence-electron chi connectivity index (χ2n) is 16.9. The number of nitrogens with zero attached hydrogens (tertiary/aromatic N) is 2. The van der Waals surface area contributed by atoms with E-state index in [9.17, 15) is 0 Å². The Balaban J connectivity index is 0.935. The van der Waals surface area contributed by atoms with Crippen LogP contribution in [-0.4, -0.2) is 4.57 Å². The van der Waals surface area contributed by atoms with Crippen LogP contribution in [0, 0.1) is 0 Å². The van der Waals surface area contributed by atoms with Gasteiger partial charge >= 0.3 is 0 Å². The zero-order valence-electron chi connectivity index (χ0n) is 34.2. The molecule has 1 aliphatic rings. The van der Waals surface area contributed by atoms with E-state index in [1.807, 2.05) is 0 Å².